The van der Waals surface area contributed by atoms with Crippen LogP contribution in [0, 0.1) is 0 Å². The van der Waals surface area contributed by atoms with Gasteiger partial charge in [-0.05, 0) is 43.7 Å². The molecule has 112 valence electrons. The van der Waals surface area contributed by atoms with Crippen LogP contribution >= 0.6 is 12.6 Å². The van der Waals surface area contributed by atoms with E-state index in [0.717, 1.165) is 22.5 Å². The van der Waals surface area contributed by atoms with Gasteiger partial charge in [-0.25, -0.2) is 0 Å². The second-order valence-electron chi connectivity index (χ2n) is 6.60. The topological polar surface area (TPSA) is 0 Å². The van der Waals surface area contributed by atoms with E-state index in [4.69, 9.17) is 28.3 Å². The lowest BCUT2D eigenvalue weighted by molar-refractivity contribution is 0.771. The summed E-state index contributed by atoms with van der Waals surface area (Å²) in [6.07, 6.45) is 9.26. The van der Waals surface area contributed by atoms with Crippen LogP contribution in [0.4, 0.5) is 0 Å². The normalized spacial score (nSPS) is 16.4. The molecule has 0 aromatic heterocycles. The zero-order valence-electron chi connectivity index (χ0n) is 14.6. The molecule has 0 aliphatic carbocycles. The predicted molar refractivity (Wildman–Crippen MR) is 103 cm³/mol. The minimum atomic E-state index is -0.460. The van der Waals surface area contributed by atoms with Gasteiger partial charge in [-0.1, -0.05) is 62.9 Å². The van der Waals surface area contributed by atoms with E-state index >= 15 is 0 Å². The maximum Gasteiger partial charge on any atom is 0.0803 e. The number of thiol groups is 1. The van der Waals surface area contributed by atoms with Crippen molar-refractivity contribution in [2.24, 2.45) is 0 Å². The molecule has 0 saturated heterocycles. The Balaban J connectivity index is 5.74. The van der Waals surface area contributed by atoms with Gasteiger partial charge in [0.1, 0.15) is 0 Å². The quantitative estimate of drug-likeness (QED) is 0.359. The van der Waals surface area contributed by atoms with E-state index in [-0.39, 0.29) is 0 Å². The molecule has 0 fully saturated rings. The van der Waals surface area contributed by atoms with Crippen molar-refractivity contribution in [2.45, 2.75) is 65.5 Å². The number of allylic oxidation sites excluding steroid dienone is 7. The standard InChI is InChI=1S/C18H28B2S/c1-8-10-14(9-2)11-12-15(18(6,7)20)16(21)13(3)17(4,5)19/h8-10,12,21H,11H2,1-7H3/b10-8-,14-9+,15-12+,16-13-. The molecule has 0 spiro atoms. The van der Waals surface area contributed by atoms with Crippen molar-refractivity contribution in [3.63, 3.8) is 0 Å². The van der Waals surface area contributed by atoms with E-state index in [1.54, 1.807) is 0 Å². The summed E-state index contributed by atoms with van der Waals surface area (Å²) in [7, 11) is 12.5. The van der Waals surface area contributed by atoms with Crippen molar-refractivity contribution in [3.8, 4) is 0 Å². The summed E-state index contributed by atoms with van der Waals surface area (Å²) in [6.45, 7) is 14.0. The highest BCUT2D eigenvalue weighted by Crippen LogP contribution is 2.43. The van der Waals surface area contributed by atoms with Crippen LogP contribution in [0.15, 0.2) is 45.9 Å². The Hall–Kier alpha value is -0.560. The first-order valence-electron chi connectivity index (χ1n) is 7.42. The molecule has 0 aliphatic heterocycles. The molecule has 0 rings (SSSR count). The molecule has 0 saturated carbocycles. The van der Waals surface area contributed by atoms with Crippen molar-refractivity contribution in [3.05, 3.63) is 45.9 Å². The maximum atomic E-state index is 6.33. The molecule has 0 aromatic rings. The summed E-state index contributed by atoms with van der Waals surface area (Å²) >= 11 is 4.70. The highest BCUT2D eigenvalue weighted by Gasteiger charge is 2.23. The molecular weight excluding hydrogens is 270 g/mol. The van der Waals surface area contributed by atoms with E-state index in [1.165, 1.54) is 5.57 Å². The second kappa shape index (κ2) is 8.17. The van der Waals surface area contributed by atoms with E-state index in [0.29, 0.717) is 0 Å². The number of rotatable bonds is 6. The van der Waals surface area contributed by atoms with E-state index < -0.39 is 10.6 Å². The van der Waals surface area contributed by atoms with Crippen LogP contribution in [-0.4, -0.2) is 15.7 Å². The molecular formula is C18H28B2S. The fraction of sp³-hybridized carbons (Fsp3) is 0.556. The molecule has 0 nitrogen and oxygen atoms in total. The molecule has 0 atom stereocenters. The third-order valence-electron chi connectivity index (χ3n) is 3.56. The van der Waals surface area contributed by atoms with Crippen LogP contribution in [0.5, 0.6) is 0 Å². The van der Waals surface area contributed by atoms with Crippen LogP contribution < -0.4 is 0 Å². The lowest BCUT2D eigenvalue weighted by Crippen LogP contribution is -2.12. The summed E-state index contributed by atoms with van der Waals surface area (Å²) in [5.41, 5.74) is 3.33. The fourth-order valence-corrected chi connectivity index (χ4v) is 2.56. The Labute approximate surface area is 140 Å². The molecule has 0 heterocycles. The van der Waals surface area contributed by atoms with Gasteiger partial charge >= 0.3 is 0 Å². The van der Waals surface area contributed by atoms with Crippen molar-refractivity contribution < 1.29 is 0 Å². The number of hydrogen-bond acceptors (Lipinski definition) is 1. The predicted octanol–water partition coefficient (Wildman–Crippen LogP) is 5.76. The first-order chi connectivity index (χ1) is 9.45. The van der Waals surface area contributed by atoms with Gasteiger partial charge in [0.2, 0.25) is 0 Å². The third kappa shape index (κ3) is 6.82. The molecule has 21 heavy (non-hydrogen) atoms. The maximum absolute atomic E-state index is 6.33. The molecule has 0 bridgehead atoms. The first kappa shape index (κ1) is 20.4. The SMILES string of the molecule is [B]C(C)(C)C(=C/CC(/C=C\C)=C/C)/C(S)=C(\C)C([B])(C)C. The zero-order chi connectivity index (χ0) is 16.8. The summed E-state index contributed by atoms with van der Waals surface area (Å²) in [5.74, 6) is 0. The average Bonchev–Trinajstić information content (AvgIpc) is 2.33. The zero-order valence-corrected chi connectivity index (χ0v) is 15.5. The number of hydrogen-bond donors (Lipinski definition) is 1. The molecule has 3 heteroatoms. The van der Waals surface area contributed by atoms with Gasteiger partial charge in [0.25, 0.3) is 0 Å². The lowest BCUT2D eigenvalue weighted by Gasteiger charge is -2.30. The van der Waals surface area contributed by atoms with Crippen molar-refractivity contribution in [2.75, 3.05) is 0 Å². The van der Waals surface area contributed by atoms with Crippen molar-refractivity contribution in [1.82, 2.24) is 0 Å². The Morgan fingerprint density at radius 2 is 1.57 bits per heavy atom. The molecule has 0 aliphatic rings. The Bertz CT molecular complexity index is 466. The van der Waals surface area contributed by atoms with Crippen LogP contribution in [0.25, 0.3) is 0 Å². The molecule has 0 amide bonds. The van der Waals surface area contributed by atoms with Gasteiger partial charge in [-0.15, -0.1) is 12.6 Å². The Morgan fingerprint density at radius 1 is 1.05 bits per heavy atom. The van der Waals surface area contributed by atoms with Crippen LogP contribution in [0.1, 0.15) is 54.9 Å². The Kier molecular flexibility index (Phi) is 7.95. The van der Waals surface area contributed by atoms with Gasteiger partial charge in [-0.2, -0.15) is 0 Å². The summed E-state index contributed by atoms with van der Waals surface area (Å²) < 4.78 is 0. The van der Waals surface area contributed by atoms with Crippen LogP contribution in [-0.2, 0) is 0 Å². The van der Waals surface area contributed by atoms with Gasteiger partial charge < -0.3 is 0 Å². The van der Waals surface area contributed by atoms with Gasteiger partial charge in [-0.3, -0.25) is 0 Å². The summed E-state index contributed by atoms with van der Waals surface area (Å²) in [4.78, 5) is 0.894. The highest BCUT2D eigenvalue weighted by atomic mass is 32.1. The summed E-state index contributed by atoms with van der Waals surface area (Å²) in [6, 6.07) is 0. The highest BCUT2D eigenvalue weighted by molar-refractivity contribution is 7.84. The largest absolute Gasteiger partial charge is 0.143 e. The molecule has 4 radical (unpaired) electrons. The first-order valence-corrected chi connectivity index (χ1v) is 7.86. The monoisotopic (exact) mass is 298 g/mol. The van der Waals surface area contributed by atoms with Crippen molar-refractivity contribution in [1.29, 1.82) is 0 Å². The van der Waals surface area contributed by atoms with Crippen LogP contribution in [0.3, 0.4) is 0 Å². The van der Waals surface area contributed by atoms with E-state index in [9.17, 15) is 0 Å². The molecule has 0 aromatic carbocycles. The van der Waals surface area contributed by atoms with Crippen molar-refractivity contribution >= 4 is 28.3 Å². The van der Waals surface area contributed by atoms with E-state index in [1.807, 2.05) is 54.5 Å². The second-order valence-corrected chi connectivity index (χ2v) is 7.05. The minimum Gasteiger partial charge on any atom is -0.143 e. The van der Waals surface area contributed by atoms with Gasteiger partial charge in [0.15, 0.2) is 0 Å². The molecule has 0 N–H and O–H groups in total. The average molecular weight is 298 g/mol. The fourth-order valence-electron chi connectivity index (χ4n) is 1.89. The lowest BCUT2D eigenvalue weighted by atomic mass is 9.63. The van der Waals surface area contributed by atoms with E-state index in [2.05, 4.69) is 18.2 Å². The third-order valence-corrected chi connectivity index (χ3v) is 4.14. The Morgan fingerprint density at radius 3 is 1.90 bits per heavy atom. The molecule has 0 unspecified atom stereocenters. The summed E-state index contributed by atoms with van der Waals surface area (Å²) in [5, 5.41) is -0.869. The van der Waals surface area contributed by atoms with Crippen LogP contribution in [0.2, 0.25) is 10.6 Å². The van der Waals surface area contributed by atoms with Gasteiger partial charge in [0, 0.05) is 4.91 Å². The smallest absolute Gasteiger partial charge is 0.0803 e. The van der Waals surface area contributed by atoms with Gasteiger partial charge in [0.05, 0.1) is 15.7 Å². The minimum absolute atomic E-state index is 0.409.